The molecule has 118 valence electrons. The van der Waals surface area contributed by atoms with Gasteiger partial charge in [0.25, 0.3) is 0 Å². The fourth-order valence-corrected chi connectivity index (χ4v) is 3.18. The molecule has 0 amide bonds. The zero-order chi connectivity index (χ0) is 15.5. The van der Waals surface area contributed by atoms with Crippen LogP contribution in [0.1, 0.15) is 17.9 Å². The lowest BCUT2D eigenvalue weighted by Crippen LogP contribution is -2.30. The highest BCUT2D eigenvalue weighted by Gasteiger charge is 2.21. The number of halogens is 1. The molecule has 1 fully saturated rings. The fourth-order valence-electron chi connectivity index (χ4n) is 2.91. The van der Waals surface area contributed by atoms with Gasteiger partial charge in [0.15, 0.2) is 0 Å². The maximum atomic E-state index is 5.84. The predicted molar refractivity (Wildman–Crippen MR) is 92.0 cm³/mol. The summed E-state index contributed by atoms with van der Waals surface area (Å²) < 4.78 is 6.90. The number of benzene rings is 1. The van der Waals surface area contributed by atoms with Crippen molar-refractivity contribution in [1.82, 2.24) is 15.2 Å². The minimum Gasteiger partial charge on any atom is -0.441 e. The number of likely N-dealkylation sites (N-methyl/N-ethyl adjacent to an activating group) is 1. The number of aryl methyl sites for hydroxylation is 1. The summed E-state index contributed by atoms with van der Waals surface area (Å²) in [7, 11) is 2.04. The largest absolute Gasteiger partial charge is 0.441 e. The second-order valence-electron chi connectivity index (χ2n) is 5.85. The average molecular weight is 364 g/mol. The van der Waals surface area contributed by atoms with Gasteiger partial charge in [0.1, 0.15) is 5.76 Å². The standard InChI is InChI=1S/C17H22BrN3O/c1-12-16(8-10-21-9-7-15(11-21)19-2)20-17(22-12)13-3-5-14(18)6-4-13/h3-6,15,19H,7-11H2,1-2H3. The van der Waals surface area contributed by atoms with Gasteiger partial charge in [0.2, 0.25) is 5.89 Å². The molecule has 1 unspecified atom stereocenters. The molecule has 1 atom stereocenters. The summed E-state index contributed by atoms with van der Waals surface area (Å²) in [6.07, 6.45) is 2.18. The number of hydrogen-bond acceptors (Lipinski definition) is 4. The van der Waals surface area contributed by atoms with E-state index in [0.717, 1.165) is 46.9 Å². The lowest BCUT2D eigenvalue weighted by molar-refractivity contribution is 0.332. The summed E-state index contributed by atoms with van der Waals surface area (Å²) in [6.45, 7) is 5.35. The van der Waals surface area contributed by atoms with Crippen molar-refractivity contribution in [3.63, 3.8) is 0 Å². The van der Waals surface area contributed by atoms with Crippen LogP contribution in [-0.4, -0.2) is 42.6 Å². The van der Waals surface area contributed by atoms with Gasteiger partial charge in [-0.05, 0) is 51.2 Å². The van der Waals surface area contributed by atoms with Crippen LogP contribution >= 0.6 is 15.9 Å². The van der Waals surface area contributed by atoms with E-state index in [0.29, 0.717) is 6.04 Å². The second-order valence-corrected chi connectivity index (χ2v) is 6.77. The fraction of sp³-hybridized carbons (Fsp3) is 0.471. The molecule has 0 radical (unpaired) electrons. The van der Waals surface area contributed by atoms with Gasteiger partial charge in [-0.2, -0.15) is 0 Å². The number of rotatable bonds is 5. The molecule has 3 rings (SSSR count). The number of oxazole rings is 1. The molecular weight excluding hydrogens is 342 g/mol. The second kappa shape index (κ2) is 6.94. The minimum absolute atomic E-state index is 0.636. The van der Waals surface area contributed by atoms with E-state index < -0.39 is 0 Å². The van der Waals surface area contributed by atoms with Gasteiger partial charge < -0.3 is 14.6 Å². The first-order valence-electron chi connectivity index (χ1n) is 7.77. The van der Waals surface area contributed by atoms with E-state index in [1.54, 1.807) is 0 Å². The summed E-state index contributed by atoms with van der Waals surface area (Å²) in [5.74, 6) is 1.65. The van der Waals surface area contributed by atoms with Crippen LogP contribution < -0.4 is 5.32 Å². The lowest BCUT2D eigenvalue weighted by Gasteiger charge is -2.14. The van der Waals surface area contributed by atoms with Crippen molar-refractivity contribution in [3.8, 4) is 11.5 Å². The quantitative estimate of drug-likeness (QED) is 0.885. The van der Waals surface area contributed by atoms with Gasteiger partial charge in [-0.15, -0.1) is 0 Å². The number of nitrogens with zero attached hydrogens (tertiary/aromatic N) is 2. The van der Waals surface area contributed by atoms with Gasteiger partial charge in [-0.1, -0.05) is 15.9 Å². The molecule has 2 aromatic rings. The Bertz CT molecular complexity index is 623. The van der Waals surface area contributed by atoms with E-state index in [2.05, 4.69) is 31.1 Å². The molecule has 0 saturated carbocycles. The van der Waals surface area contributed by atoms with Crippen molar-refractivity contribution in [3.05, 3.63) is 40.2 Å². The lowest BCUT2D eigenvalue weighted by atomic mass is 10.2. The maximum Gasteiger partial charge on any atom is 0.226 e. The summed E-state index contributed by atoms with van der Waals surface area (Å²) >= 11 is 3.45. The van der Waals surface area contributed by atoms with Crippen LogP contribution in [0, 0.1) is 6.92 Å². The molecule has 2 heterocycles. The van der Waals surface area contributed by atoms with Crippen molar-refractivity contribution < 1.29 is 4.42 Å². The molecule has 4 nitrogen and oxygen atoms in total. The molecule has 0 bridgehead atoms. The first kappa shape index (κ1) is 15.7. The van der Waals surface area contributed by atoms with Gasteiger partial charge in [0, 0.05) is 35.6 Å². The molecular formula is C17H22BrN3O. The van der Waals surface area contributed by atoms with E-state index in [1.165, 1.54) is 13.0 Å². The third-order valence-electron chi connectivity index (χ3n) is 4.33. The number of nitrogens with one attached hydrogen (secondary N) is 1. The Hall–Kier alpha value is -1.17. The number of aromatic nitrogens is 1. The summed E-state index contributed by atoms with van der Waals surface area (Å²) in [6, 6.07) is 8.71. The molecule has 0 aliphatic carbocycles. The highest BCUT2D eigenvalue weighted by Crippen LogP contribution is 2.24. The highest BCUT2D eigenvalue weighted by atomic mass is 79.9. The monoisotopic (exact) mass is 363 g/mol. The first-order chi connectivity index (χ1) is 10.7. The number of likely N-dealkylation sites (tertiary alicyclic amines) is 1. The normalized spacial score (nSPS) is 19.0. The van der Waals surface area contributed by atoms with E-state index in [-0.39, 0.29) is 0 Å². The van der Waals surface area contributed by atoms with Crippen LogP contribution in [0.2, 0.25) is 0 Å². The van der Waals surface area contributed by atoms with Gasteiger partial charge in [-0.3, -0.25) is 0 Å². The molecule has 5 heteroatoms. The van der Waals surface area contributed by atoms with Crippen LogP contribution in [0.3, 0.4) is 0 Å². The topological polar surface area (TPSA) is 41.3 Å². The van der Waals surface area contributed by atoms with Crippen molar-refractivity contribution in [2.24, 2.45) is 0 Å². The average Bonchev–Trinajstić information content (AvgIpc) is 3.12. The maximum absolute atomic E-state index is 5.84. The van der Waals surface area contributed by atoms with Crippen molar-refractivity contribution in [2.45, 2.75) is 25.8 Å². The third-order valence-corrected chi connectivity index (χ3v) is 4.86. The van der Waals surface area contributed by atoms with Crippen molar-refractivity contribution in [1.29, 1.82) is 0 Å². The third kappa shape index (κ3) is 3.59. The number of hydrogen-bond donors (Lipinski definition) is 1. The van der Waals surface area contributed by atoms with Gasteiger partial charge in [0.05, 0.1) is 5.69 Å². The summed E-state index contributed by atoms with van der Waals surface area (Å²) in [5, 5.41) is 3.35. The van der Waals surface area contributed by atoms with Crippen LogP contribution in [0.5, 0.6) is 0 Å². The van der Waals surface area contributed by atoms with Crippen molar-refractivity contribution >= 4 is 15.9 Å². The SMILES string of the molecule is CNC1CCN(CCc2nc(-c3ccc(Br)cc3)oc2C)C1. The zero-order valence-corrected chi connectivity index (χ0v) is 14.7. The molecule has 1 N–H and O–H groups in total. The van der Waals surface area contributed by atoms with Crippen LogP contribution in [0.4, 0.5) is 0 Å². The molecule has 0 spiro atoms. The Kier molecular flexibility index (Phi) is 4.96. The van der Waals surface area contributed by atoms with Crippen LogP contribution in [-0.2, 0) is 6.42 Å². The molecule has 1 aliphatic heterocycles. The predicted octanol–water partition coefficient (Wildman–Crippen LogP) is 3.25. The Labute approximate surface area is 140 Å². The van der Waals surface area contributed by atoms with E-state index in [9.17, 15) is 0 Å². The highest BCUT2D eigenvalue weighted by molar-refractivity contribution is 9.10. The Balaban J connectivity index is 1.64. The van der Waals surface area contributed by atoms with Crippen LogP contribution in [0.25, 0.3) is 11.5 Å². The molecule has 1 aromatic heterocycles. The Morgan fingerprint density at radius 3 is 2.82 bits per heavy atom. The van der Waals surface area contributed by atoms with E-state index in [4.69, 9.17) is 4.42 Å². The van der Waals surface area contributed by atoms with Gasteiger partial charge >= 0.3 is 0 Å². The smallest absolute Gasteiger partial charge is 0.226 e. The summed E-state index contributed by atoms with van der Waals surface area (Å²) in [5.41, 5.74) is 2.10. The van der Waals surface area contributed by atoms with Crippen molar-refractivity contribution in [2.75, 3.05) is 26.7 Å². The molecule has 1 saturated heterocycles. The van der Waals surface area contributed by atoms with E-state index >= 15 is 0 Å². The van der Waals surface area contributed by atoms with E-state index in [1.807, 2.05) is 38.2 Å². The molecule has 1 aliphatic rings. The Morgan fingerprint density at radius 1 is 1.36 bits per heavy atom. The first-order valence-corrected chi connectivity index (χ1v) is 8.57. The zero-order valence-electron chi connectivity index (χ0n) is 13.1. The summed E-state index contributed by atoms with van der Waals surface area (Å²) in [4.78, 5) is 7.18. The molecule has 1 aromatic carbocycles. The van der Waals surface area contributed by atoms with Gasteiger partial charge in [-0.25, -0.2) is 4.98 Å². The Morgan fingerprint density at radius 2 is 2.14 bits per heavy atom. The molecule has 22 heavy (non-hydrogen) atoms. The minimum atomic E-state index is 0.636. The van der Waals surface area contributed by atoms with Crippen LogP contribution in [0.15, 0.2) is 33.2 Å².